The lowest BCUT2D eigenvalue weighted by Gasteiger charge is -2.01. The van der Waals surface area contributed by atoms with Crippen LogP contribution in [0.5, 0.6) is 0 Å². The molecule has 1 saturated heterocycles. The largest absolute Gasteiger partial charge is 0.294 e. The lowest BCUT2D eigenvalue weighted by Crippen LogP contribution is -2.02. The van der Waals surface area contributed by atoms with Gasteiger partial charge in [0.05, 0.1) is 0 Å². The summed E-state index contributed by atoms with van der Waals surface area (Å²) >= 11 is 0. The van der Waals surface area contributed by atoms with Gasteiger partial charge < -0.3 is 0 Å². The zero-order valence-electron chi connectivity index (χ0n) is 6.47. The summed E-state index contributed by atoms with van der Waals surface area (Å²) in [5.41, 5.74) is 2.91. The molecule has 0 aliphatic carbocycles. The van der Waals surface area contributed by atoms with Crippen molar-refractivity contribution < 1.29 is 17.8 Å². The van der Waals surface area contributed by atoms with E-state index in [9.17, 15) is 8.42 Å². The van der Waals surface area contributed by atoms with E-state index in [1.54, 1.807) is 12.1 Å². The minimum Gasteiger partial charge on any atom is -0.282 e. The molecule has 0 bridgehead atoms. The van der Waals surface area contributed by atoms with E-state index in [4.69, 9.17) is 9.39 Å². The molecule has 1 aromatic rings. The Morgan fingerprint density at radius 1 is 1.38 bits per heavy atom. The van der Waals surface area contributed by atoms with E-state index >= 15 is 0 Å². The number of rotatable bonds is 2. The number of hydrogen-bond acceptors (Lipinski definition) is 4. The summed E-state index contributed by atoms with van der Waals surface area (Å²) in [6, 6.07) is 6.12. The Kier molecular flexibility index (Phi) is 1.85. The minimum absolute atomic E-state index is 0.120. The molecule has 1 heterocycles. The normalized spacial score (nSPS) is 21.5. The zero-order chi connectivity index (χ0) is 9.47. The number of benzene rings is 1. The van der Waals surface area contributed by atoms with Crippen molar-refractivity contribution in [3.05, 3.63) is 29.8 Å². The maximum absolute atomic E-state index is 10.9. The van der Waals surface area contributed by atoms with Gasteiger partial charge in [0.2, 0.25) is 0 Å². The van der Waals surface area contributed by atoms with Crippen LogP contribution >= 0.6 is 0 Å². The summed E-state index contributed by atoms with van der Waals surface area (Å²) in [6.07, 6.45) is -0.418. The highest BCUT2D eigenvalue weighted by Gasteiger charge is 2.30. The van der Waals surface area contributed by atoms with E-state index in [1.807, 2.05) is 0 Å². The first-order valence-corrected chi connectivity index (χ1v) is 5.00. The van der Waals surface area contributed by atoms with Gasteiger partial charge in [0.25, 0.3) is 10.1 Å². The van der Waals surface area contributed by atoms with Gasteiger partial charge in [0.1, 0.15) is 4.90 Å². The Morgan fingerprint density at radius 2 is 2.00 bits per heavy atom. The molecule has 2 N–H and O–H groups in total. The van der Waals surface area contributed by atoms with Crippen LogP contribution in [0, 0.1) is 0 Å². The van der Waals surface area contributed by atoms with Crippen molar-refractivity contribution in [2.45, 2.75) is 11.1 Å². The number of nitrogens with one attached hydrogen (secondary N) is 1. The Hall–Kier alpha value is -0.950. The van der Waals surface area contributed by atoms with Crippen LogP contribution in [0.15, 0.2) is 29.2 Å². The molecule has 1 fully saturated rings. The molecule has 1 unspecified atom stereocenters. The topological polar surface area (TPSA) is 88.8 Å². The van der Waals surface area contributed by atoms with Crippen molar-refractivity contribution in [1.29, 1.82) is 0 Å². The molecule has 70 valence electrons. The maximum atomic E-state index is 10.9. The predicted octanol–water partition coefficient (Wildman–Crippen LogP) is 0.467. The molecule has 1 aliphatic rings. The Balaban J connectivity index is 2.55. The first-order valence-electron chi connectivity index (χ1n) is 3.56. The zero-order valence-corrected chi connectivity index (χ0v) is 7.28. The third kappa shape index (κ3) is 1.70. The SMILES string of the molecule is O=S(=O)(O)c1ccccc1C1NO1. The van der Waals surface area contributed by atoms with Crippen molar-refractivity contribution in [2.24, 2.45) is 0 Å². The van der Waals surface area contributed by atoms with Crippen molar-refractivity contribution in [1.82, 2.24) is 5.48 Å². The molecule has 6 heteroatoms. The minimum atomic E-state index is -4.16. The highest BCUT2D eigenvalue weighted by Crippen LogP contribution is 2.28. The second-order valence-electron chi connectivity index (χ2n) is 2.63. The van der Waals surface area contributed by atoms with Gasteiger partial charge in [-0.3, -0.25) is 9.39 Å². The molecular weight excluding hydrogens is 194 g/mol. The van der Waals surface area contributed by atoms with Gasteiger partial charge in [-0.2, -0.15) is 13.9 Å². The Labute approximate surface area is 75.0 Å². The number of hydroxylamine groups is 1. The molecule has 1 aliphatic heterocycles. The third-order valence-corrected chi connectivity index (χ3v) is 2.64. The van der Waals surface area contributed by atoms with Crippen LogP contribution in [-0.2, 0) is 15.0 Å². The van der Waals surface area contributed by atoms with Crippen molar-refractivity contribution in [3.63, 3.8) is 0 Å². The second-order valence-corrected chi connectivity index (χ2v) is 4.02. The smallest absolute Gasteiger partial charge is 0.282 e. The Morgan fingerprint density at radius 3 is 2.54 bits per heavy atom. The third-order valence-electron chi connectivity index (χ3n) is 1.72. The van der Waals surface area contributed by atoms with E-state index in [0.29, 0.717) is 5.56 Å². The van der Waals surface area contributed by atoms with Gasteiger partial charge in [0.15, 0.2) is 6.23 Å². The summed E-state index contributed by atoms with van der Waals surface area (Å²) < 4.78 is 30.6. The van der Waals surface area contributed by atoms with Gasteiger partial charge in [-0.15, -0.1) is 0 Å². The van der Waals surface area contributed by atoms with Crippen LogP contribution in [0.3, 0.4) is 0 Å². The molecule has 0 amide bonds. The van der Waals surface area contributed by atoms with Crippen LogP contribution in [0.1, 0.15) is 11.8 Å². The summed E-state index contributed by atoms with van der Waals surface area (Å²) in [4.78, 5) is 4.58. The van der Waals surface area contributed by atoms with Crippen molar-refractivity contribution in [3.8, 4) is 0 Å². The molecule has 1 aromatic carbocycles. The molecule has 0 aromatic heterocycles. The van der Waals surface area contributed by atoms with Crippen LogP contribution < -0.4 is 5.48 Å². The summed E-state index contributed by atoms with van der Waals surface area (Å²) in [6.45, 7) is 0. The van der Waals surface area contributed by atoms with E-state index < -0.39 is 16.3 Å². The fourth-order valence-electron chi connectivity index (χ4n) is 1.09. The van der Waals surface area contributed by atoms with E-state index in [1.165, 1.54) is 12.1 Å². The molecule has 0 saturated carbocycles. The molecule has 13 heavy (non-hydrogen) atoms. The van der Waals surface area contributed by atoms with Gasteiger partial charge in [-0.05, 0) is 6.07 Å². The van der Waals surface area contributed by atoms with E-state index in [-0.39, 0.29) is 4.90 Å². The number of hydrogen-bond donors (Lipinski definition) is 2. The molecule has 0 radical (unpaired) electrons. The quantitative estimate of drug-likeness (QED) is 0.536. The van der Waals surface area contributed by atoms with Crippen molar-refractivity contribution in [2.75, 3.05) is 0 Å². The van der Waals surface area contributed by atoms with Crippen molar-refractivity contribution >= 4 is 10.1 Å². The second kappa shape index (κ2) is 2.78. The molecule has 5 nitrogen and oxygen atoms in total. The highest BCUT2D eigenvalue weighted by atomic mass is 32.2. The van der Waals surface area contributed by atoms with Gasteiger partial charge in [0, 0.05) is 5.56 Å². The molecule has 1 atom stereocenters. The van der Waals surface area contributed by atoms with Gasteiger partial charge >= 0.3 is 0 Å². The monoisotopic (exact) mass is 201 g/mol. The lowest BCUT2D eigenvalue weighted by atomic mass is 10.2. The summed E-state index contributed by atoms with van der Waals surface area (Å²) in [7, 11) is -4.16. The van der Waals surface area contributed by atoms with Crippen LogP contribution in [0.2, 0.25) is 0 Å². The summed E-state index contributed by atoms with van der Waals surface area (Å²) in [5, 5.41) is 0. The molecular formula is C7H7NO4S. The average Bonchev–Trinajstić information content (AvgIpc) is 2.85. The maximum Gasteiger partial charge on any atom is 0.294 e. The first kappa shape index (κ1) is 8.64. The standard InChI is InChI=1S/C7H7NO4S/c9-13(10,11)6-4-2-1-3-5(6)7-8-12-7/h1-4,7-8H,(H,9,10,11). The van der Waals surface area contributed by atoms with E-state index in [2.05, 4.69) is 5.48 Å². The summed E-state index contributed by atoms with van der Waals surface area (Å²) in [5.74, 6) is 0. The first-order chi connectivity index (χ1) is 6.09. The predicted molar refractivity (Wildman–Crippen MR) is 43.2 cm³/mol. The van der Waals surface area contributed by atoms with E-state index in [0.717, 1.165) is 0 Å². The average molecular weight is 201 g/mol. The van der Waals surface area contributed by atoms with Crippen LogP contribution in [0.25, 0.3) is 0 Å². The molecule has 0 spiro atoms. The van der Waals surface area contributed by atoms with Gasteiger partial charge in [-0.1, -0.05) is 18.2 Å². The van der Waals surface area contributed by atoms with Gasteiger partial charge in [-0.25, -0.2) is 0 Å². The fraction of sp³-hybridized carbons (Fsp3) is 0.143. The van der Waals surface area contributed by atoms with Crippen LogP contribution in [-0.4, -0.2) is 13.0 Å². The van der Waals surface area contributed by atoms with Crippen LogP contribution in [0.4, 0.5) is 0 Å². The Bertz CT molecular complexity index is 424. The molecule has 2 rings (SSSR count). The lowest BCUT2D eigenvalue weighted by molar-refractivity contribution is 0.372. The highest BCUT2D eigenvalue weighted by molar-refractivity contribution is 7.85. The fourth-order valence-corrected chi connectivity index (χ4v) is 1.82.